The Balaban J connectivity index is 1.59. The monoisotopic (exact) mass is 378 g/mol. The third kappa shape index (κ3) is 1.54. The van der Waals surface area contributed by atoms with Gasteiger partial charge in [0.1, 0.15) is 0 Å². The molecule has 3 heteroatoms. The molecule has 0 aromatic carbocycles. The molecule has 4 saturated carbocycles. The van der Waals surface area contributed by atoms with Crippen LogP contribution in [0, 0.1) is 34.0 Å². The smallest absolute Gasteiger partial charge is 0.169 e. The maximum Gasteiger partial charge on any atom is 0.169 e. The van der Waals surface area contributed by atoms with Crippen molar-refractivity contribution in [2.24, 2.45) is 34.0 Å². The van der Waals surface area contributed by atoms with Gasteiger partial charge in [0.05, 0.1) is 10.6 Å². The molecule has 23 heavy (non-hydrogen) atoms. The fraction of sp³-hybridized carbons (Fsp3) is 0.850. The summed E-state index contributed by atoms with van der Waals surface area (Å²) in [5.74, 6) is 2.58. The van der Waals surface area contributed by atoms with Crippen molar-refractivity contribution in [3.63, 3.8) is 0 Å². The third-order valence-corrected chi connectivity index (χ3v) is 10.1. The molecule has 0 aromatic rings. The minimum Gasteiger partial charge on any atom is -0.393 e. The molecule has 5 rings (SSSR count). The van der Waals surface area contributed by atoms with Crippen LogP contribution in [0.3, 0.4) is 0 Å². The predicted octanol–water partition coefficient (Wildman–Crippen LogP) is 4.60. The van der Waals surface area contributed by atoms with Crippen LogP contribution in [0.15, 0.2) is 10.1 Å². The Morgan fingerprint density at radius 3 is 2.70 bits per heavy atom. The zero-order chi connectivity index (χ0) is 16.2. The number of halogens is 1. The summed E-state index contributed by atoms with van der Waals surface area (Å²) in [5.41, 5.74) is 2.23. The van der Waals surface area contributed by atoms with Crippen LogP contribution in [0.2, 0.25) is 0 Å². The molecule has 0 amide bonds. The summed E-state index contributed by atoms with van der Waals surface area (Å²) < 4.78 is 0.911. The number of fused-ring (bicyclic) bond motifs is 3. The highest BCUT2D eigenvalue weighted by molar-refractivity contribution is 9.12. The maximum atomic E-state index is 12.2. The molecule has 5 aliphatic carbocycles. The van der Waals surface area contributed by atoms with E-state index in [4.69, 9.17) is 0 Å². The van der Waals surface area contributed by atoms with Gasteiger partial charge >= 0.3 is 0 Å². The molecule has 5 aliphatic rings. The van der Waals surface area contributed by atoms with Gasteiger partial charge in [0.2, 0.25) is 0 Å². The lowest BCUT2D eigenvalue weighted by atomic mass is 9.45. The maximum absolute atomic E-state index is 12.2. The number of hydrogen-bond donors (Lipinski definition) is 1. The zero-order valence-corrected chi connectivity index (χ0v) is 15.8. The molecule has 2 nitrogen and oxygen atoms in total. The Kier molecular flexibility index (Phi) is 2.85. The van der Waals surface area contributed by atoms with E-state index < -0.39 is 0 Å². The van der Waals surface area contributed by atoms with Gasteiger partial charge in [-0.1, -0.05) is 13.8 Å². The molecule has 1 spiro atoms. The van der Waals surface area contributed by atoms with E-state index in [9.17, 15) is 9.90 Å². The largest absolute Gasteiger partial charge is 0.393 e. The van der Waals surface area contributed by atoms with Gasteiger partial charge in [0.25, 0.3) is 0 Å². The van der Waals surface area contributed by atoms with E-state index in [1.165, 1.54) is 31.3 Å². The number of rotatable bonds is 0. The van der Waals surface area contributed by atoms with Crippen molar-refractivity contribution in [2.45, 2.75) is 71.3 Å². The highest BCUT2D eigenvalue weighted by atomic mass is 79.9. The van der Waals surface area contributed by atoms with Crippen LogP contribution in [0.25, 0.3) is 0 Å². The van der Waals surface area contributed by atoms with Crippen molar-refractivity contribution >= 4 is 21.7 Å². The van der Waals surface area contributed by atoms with E-state index in [0.29, 0.717) is 17.6 Å². The van der Waals surface area contributed by atoms with Gasteiger partial charge < -0.3 is 5.11 Å². The second-order valence-electron chi connectivity index (χ2n) is 9.53. The van der Waals surface area contributed by atoms with E-state index in [0.717, 1.165) is 41.5 Å². The van der Waals surface area contributed by atoms with E-state index in [-0.39, 0.29) is 16.9 Å². The molecule has 0 bridgehead atoms. The van der Waals surface area contributed by atoms with Crippen molar-refractivity contribution in [3.05, 3.63) is 10.1 Å². The van der Waals surface area contributed by atoms with Crippen molar-refractivity contribution in [1.29, 1.82) is 0 Å². The Bertz CT molecular complexity index is 640. The molecular formula is C20H27BrO2. The Hall–Kier alpha value is -0.150. The van der Waals surface area contributed by atoms with Crippen LogP contribution < -0.4 is 0 Å². The molecule has 0 aliphatic heterocycles. The second kappa shape index (κ2) is 4.33. The SMILES string of the molecule is C[C@]12CCC(=O)C(Br)=C1CCC1C2CC[C@]2(C)[C@H](O)C[C@H]3C[C@]132. The molecule has 4 fully saturated rings. The van der Waals surface area contributed by atoms with E-state index in [2.05, 4.69) is 29.8 Å². The van der Waals surface area contributed by atoms with Gasteiger partial charge in [-0.05, 0) is 100 Å². The summed E-state index contributed by atoms with van der Waals surface area (Å²) in [6, 6.07) is 0. The lowest BCUT2D eigenvalue weighted by Crippen LogP contribution is -2.53. The Morgan fingerprint density at radius 1 is 1.13 bits per heavy atom. The van der Waals surface area contributed by atoms with Crippen LogP contribution in [-0.2, 0) is 4.79 Å². The van der Waals surface area contributed by atoms with Crippen LogP contribution in [0.5, 0.6) is 0 Å². The van der Waals surface area contributed by atoms with Crippen molar-refractivity contribution in [3.8, 4) is 0 Å². The number of carbonyl (C=O) groups is 1. The number of ketones is 1. The van der Waals surface area contributed by atoms with Gasteiger partial charge in [0, 0.05) is 6.42 Å². The molecule has 0 radical (unpaired) electrons. The van der Waals surface area contributed by atoms with Crippen molar-refractivity contribution in [1.82, 2.24) is 0 Å². The molecule has 1 N–H and O–H groups in total. The van der Waals surface area contributed by atoms with Crippen molar-refractivity contribution < 1.29 is 9.90 Å². The minimum atomic E-state index is -0.0772. The van der Waals surface area contributed by atoms with E-state index in [1.807, 2.05) is 0 Å². The minimum absolute atomic E-state index is 0.0772. The lowest BCUT2D eigenvalue weighted by molar-refractivity contribution is -0.120. The Labute approximate surface area is 147 Å². The van der Waals surface area contributed by atoms with E-state index in [1.54, 1.807) is 0 Å². The zero-order valence-electron chi connectivity index (χ0n) is 14.2. The highest BCUT2D eigenvalue weighted by Gasteiger charge is 2.77. The predicted molar refractivity (Wildman–Crippen MR) is 93.0 cm³/mol. The second-order valence-corrected chi connectivity index (χ2v) is 10.3. The number of carbonyl (C=O) groups excluding carboxylic acids is 1. The van der Waals surface area contributed by atoms with E-state index >= 15 is 0 Å². The third-order valence-electron chi connectivity index (χ3n) is 9.18. The van der Waals surface area contributed by atoms with Gasteiger partial charge in [-0.3, -0.25) is 4.79 Å². The van der Waals surface area contributed by atoms with Gasteiger partial charge in [-0.15, -0.1) is 0 Å². The fourth-order valence-corrected chi connectivity index (χ4v) is 8.70. The number of Topliss-reactive ketones (excluding diaryl/α,β-unsaturated/α-hetero) is 1. The van der Waals surface area contributed by atoms with Gasteiger partial charge in [0.15, 0.2) is 5.78 Å². The van der Waals surface area contributed by atoms with Gasteiger partial charge in [-0.25, -0.2) is 0 Å². The quantitative estimate of drug-likeness (QED) is 0.668. The molecular weight excluding hydrogens is 352 g/mol. The van der Waals surface area contributed by atoms with Crippen LogP contribution in [0.1, 0.15) is 65.2 Å². The molecule has 0 heterocycles. The molecule has 0 saturated heterocycles. The average molecular weight is 379 g/mol. The molecule has 126 valence electrons. The summed E-state index contributed by atoms with van der Waals surface area (Å²) in [5, 5.41) is 10.7. The summed E-state index contributed by atoms with van der Waals surface area (Å²) >= 11 is 3.64. The molecule has 0 aromatic heterocycles. The normalized spacial score (nSPS) is 57.5. The molecule has 2 unspecified atom stereocenters. The standard InChI is InChI=1S/C20H27BrO2/c1-18-7-6-15(22)17(21)14(18)4-3-13-12(18)5-8-19(2)16(23)9-11-10-20(11,13)19/h11-13,16,23H,3-10H2,1-2H3/t11-,12?,13?,16+,18+,19+,20+/m0/s1. The van der Waals surface area contributed by atoms with Crippen LogP contribution in [-0.4, -0.2) is 17.0 Å². The first-order chi connectivity index (χ1) is 10.8. The highest BCUT2D eigenvalue weighted by Crippen LogP contribution is 2.82. The first-order valence-electron chi connectivity index (χ1n) is 9.45. The lowest BCUT2D eigenvalue weighted by Gasteiger charge is -2.59. The summed E-state index contributed by atoms with van der Waals surface area (Å²) in [6.07, 6.45) is 8.81. The van der Waals surface area contributed by atoms with Crippen LogP contribution in [0.4, 0.5) is 0 Å². The number of hydrogen-bond acceptors (Lipinski definition) is 2. The number of aliphatic hydroxyl groups excluding tert-OH is 1. The first kappa shape index (κ1) is 15.1. The number of aliphatic hydroxyl groups is 1. The average Bonchev–Trinajstić information content (AvgIpc) is 3.17. The topological polar surface area (TPSA) is 37.3 Å². The fourth-order valence-electron chi connectivity index (χ4n) is 7.85. The summed E-state index contributed by atoms with van der Waals surface area (Å²) in [4.78, 5) is 12.2. The number of allylic oxidation sites excluding steroid dienone is 1. The van der Waals surface area contributed by atoms with Gasteiger partial charge in [-0.2, -0.15) is 0 Å². The van der Waals surface area contributed by atoms with Crippen molar-refractivity contribution in [2.75, 3.05) is 0 Å². The molecule has 7 atom stereocenters. The summed E-state index contributed by atoms with van der Waals surface area (Å²) in [6.45, 7) is 4.82. The first-order valence-corrected chi connectivity index (χ1v) is 10.2. The van der Waals surface area contributed by atoms with Crippen LogP contribution >= 0.6 is 15.9 Å². The summed E-state index contributed by atoms with van der Waals surface area (Å²) in [7, 11) is 0. The Morgan fingerprint density at radius 2 is 1.91 bits per heavy atom.